The standard InChI is InChI=1S/C15H15FN2O2/c1-2-20-14-9-11(16)6-7-13(14)18-15(19)10-4-3-5-12(17)8-10/h3-9H,2,17H2,1H3,(H,18,19). The van der Waals surface area contributed by atoms with Crippen LogP contribution in [0.4, 0.5) is 15.8 Å². The SMILES string of the molecule is CCOc1cc(F)ccc1NC(=O)c1cccc(N)c1. The molecular formula is C15H15FN2O2. The molecule has 0 atom stereocenters. The molecule has 0 aromatic heterocycles. The van der Waals surface area contributed by atoms with Gasteiger partial charge >= 0.3 is 0 Å². The quantitative estimate of drug-likeness (QED) is 0.842. The van der Waals surface area contributed by atoms with Crippen molar-refractivity contribution < 1.29 is 13.9 Å². The minimum Gasteiger partial charge on any atom is -0.492 e. The first-order chi connectivity index (χ1) is 9.60. The van der Waals surface area contributed by atoms with Gasteiger partial charge in [-0.15, -0.1) is 0 Å². The first-order valence-electron chi connectivity index (χ1n) is 6.19. The largest absolute Gasteiger partial charge is 0.492 e. The van der Waals surface area contributed by atoms with E-state index in [2.05, 4.69) is 5.32 Å². The van der Waals surface area contributed by atoms with Crippen LogP contribution in [0.5, 0.6) is 5.75 Å². The van der Waals surface area contributed by atoms with E-state index in [4.69, 9.17) is 10.5 Å². The molecule has 20 heavy (non-hydrogen) atoms. The summed E-state index contributed by atoms with van der Waals surface area (Å²) in [7, 11) is 0. The normalized spacial score (nSPS) is 10.1. The van der Waals surface area contributed by atoms with Crippen molar-refractivity contribution in [2.24, 2.45) is 0 Å². The van der Waals surface area contributed by atoms with Gasteiger partial charge in [0.15, 0.2) is 0 Å². The molecule has 0 aliphatic carbocycles. The summed E-state index contributed by atoms with van der Waals surface area (Å²) >= 11 is 0. The van der Waals surface area contributed by atoms with Gasteiger partial charge < -0.3 is 15.8 Å². The molecule has 2 aromatic carbocycles. The Bertz CT molecular complexity index is 629. The van der Waals surface area contributed by atoms with Crippen molar-refractivity contribution in [3.8, 4) is 5.75 Å². The summed E-state index contributed by atoms with van der Waals surface area (Å²) in [6, 6.07) is 10.6. The molecule has 0 aliphatic heterocycles. The van der Waals surface area contributed by atoms with E-state index in [-0.39, 0.29) is 5.91 Å². The second-order valence-corrected chi connectivity index (χ2v) is 4.15. The molecule has 104 valence electrons. The Morgan fingerprint density at radius 2 is 2.10 bits per heavy atom. The summed E-state index contributed by atoms with van der Waals surface area (Å²) in [6.45, 7) is 2.17. The number of rotatable bonds is 4. The van der Waals surface area contributed by atoms with Crippen molar-refractivity contribution in [3.63, 3.8) is 0 Å². The number of hydrogen-bond acceptors (Lipinski definition) is 3. The zero-order valence-corrected chi connectivity index (χ0v) is 11.0. The van der Waals surface area contributed by atoms with Crippen molar-refractivity contribution >= 4 is 17.3 Å². The van der Waals surface area contributed by atoms with Gasteiger partial charge in [-0.3, -0.25) is 4.79 Å². The molecule has 0 saturated carbocycles. The van der Waals surface area contributed by atoms with Crippen molar-refractivity contribution in [3.05, 3.63) is 53.8 Å². The number of carbonyl (C=O) groups excluding carboxylic acids is 1. The fourth-order valence-electron chi connectivity index (χ4n) is 1.75. The van der Waals surface area contributed by atoms with Gasteiger partial charge in [-0.1, -0.05) is 6.07 Å². The van der Waals surface area contributed by atoms with Crippen LogP contribution in [0.25, 0.3) is 0 Å². The third kappa shape index (κ3) is 3.26. The molecular weight excluding hydrogens is 259 g/mol. The molecule has 0 aliphatic rings. The van der Waals surface area contributed by atoms with Gasteiger partial charge in [0.1, 0.15) is 11.6 Å². The molecule has 0 saturated heterocycles. The van der Waals surface area contributed by atoms with Crippen molar-refractivity contribution in [1.29, 1.82) is 0 Å². The van der Waals surface area contributed by atoms with Crippen molar-refractivity contribution in [1.82, 2.24) is 0 Å². The minimum absolute atomic E-state index is 0.296. The Kier molecular flexibility index (Phi) is 4.20. The smallest absolute Gasteiger partial charge is 0.255 e. The minimum atomic E-state index is -0.421. The van der Waals surface area contributed by atoms with Crippen LogP contribution in [0.2, 0.25) is 0 Å². The maximum atomic E-state index is 13.2. The topological polar surface area (TPSA) is 64.3 Å². The molecule has 0 spiro atoms. The van der Waals surface area contributed by atoms with Crippen LogP contribution in [0.15, 0.2) is 42.5 Å². The lowest BCUT2D eigenvalue weighted by atomic mass is 10.2. The lowest BCUT2D eigenvalue weighted by Gasteiger charge is -2.11. The summed E-state index contributed by atoms with van der Waals surface area (Å²) in [5, 5.41) is 2.68. The monoisotopic (exact) mass is 274 g/mol. The number of anilines is 2. The van der Waals surface area contributed by atoms with Gasteiger partial charge in [-0.25, -0.2) is 4.39 Å². The molecule has 0 heterocycles. The molecule has 0 fully saturated rings. The van der Waals surface area contributed by atoms with Crippen LogP contribution in [0.1, 0.15) is 17.3 Å². The fraction of sp³-hybridized carbons (Fsp3) is 0.133. The van der Waals surface area contributed by atoms with Crippen LogP contribution in [-0.2, 0) is 0 Å². The number of ether oxygens (including phenoxy) is 1. The molecule has 2 aromatic rings. The Hall–Kier alpha value is -2.56. The fourth-order valence-corrected chi connectivity index (χ4v) is 1.75. The van der Waals surface area contributed by atoms with E-state index in [1.165, 1.54) is 18.2 Å². The first-order valence-corrected chi connectivity index (χ1v) is 6.19. The highest BCUT2D eigenvalue weighted by atomic mass is 19.1. The number of nitrogen functional groups attached to an aromatic ring is 1. The lowest BCUT2D eigenvalue weighted by Crippen LogP contribution is -2.13. The number of carbonyl (C=O) groups is 1. The summed E-state index contributed by atoms with van der Waals surface area (Å²) in [4.78, 5) is 12.1. The van der Waals surface area contributed by atoms with Gasteiger partial charge in [0.2, 0.25) is 0 Å². The summed E-state index contributed by atoms with van der Waals surface area (Å²) in [5.41, 5.74) is 6.98. The highest BCUT2D eigenvalue weighted by molar-refractivity contribution is 6.05. The van der Waals surface area contributed by atoms with Crippen molar-refractivity contribution in [2.75, 3.05) is 17.7 Å². The predicted octanol–water partition coefficient (Wildman–Crippen LogP) is 3.06. The van der Waals surface area contributed by atoms with Gasteiger partial charge in [0.25, 0.3) is 5.91 Å². The number of halogens is 1. The first kappa shape index (κ1) is 13.9. The number of nitrogens with one attached hydrogen (secondary N) is 1. The highest BCUT2D eigenvalue weighted by Gasteiger charge is 2.11. The third-order valence-corrected chi connectivity index (χ3v) is 2.64. The van der Waals surface area contributed by atoms with E-state index in [9.17, 15) is 9.18 Å². The Morgan fingerprint density at radius 3 is 2.80 bits per heavy atom. The van der Waals surface area contributed by atoms with Crippen molar-refractivity contribution in [2.45, 2.75) is 6.92 Å². The third-order valence-electron chi connectivity index (χ3n) is 2.64. The second kappa shape index (κ2) is 6.06. The number of hydrogen-bond donors (Lipinski definition) is 2. The maximum Gasteiger partial charge on any atom is 0.255 e. The molecule has 5 heteroatoms. The summed E-state index contributed by atoms with van der Waals surface area (Å²) in [6.07, 6.45) is 0. The average molecular weight is 274 g/mol. The van der Waals surface area contributed by atoms with Crippen LogP contribution in [0.3, 0.4) is 0 Å². The van der Waals surface area contributed by atoms with Crippen LogP contribution < -0.4 is 15.8 Å². The maximum absolute atomic E-state index is 13.2. The Labute approximate surface area is 116 Å². The summed E-state index contributed by atoms with van der Waals surface area (Å²) in [5.74, 6) is -0.454. The number of nitrogens with two attached hydrogens (primary N) is 1. The van der Waals surface area contributed by atoms with E-state index in [0.717, 1.165) is 0 Å². The van der Waals surface area contributed by atoms with Gasteiger partial charge in [-0.05, 0) is 37.3 Å². The van der Waals surface area contributed by atoms with E-state index < -0.39 is 5.82 Å². The number of benzene rings is 2. The van der Waals surface area contributed by atoms with Crippen LogP contribution in [-0.4, -0.2) is 12.5 Å². The van der Waals surface area contributed by atoms with Gasteiger partial charge in [0.05, 0.1) is 12.3 Å². The molecule has 2 rings (SSSR count). The van der Waals surface area contributed by atoms with E-state index in [0.29, 0.717) is 29.3 Å². The Morgan fingerprint density at radius 1 is 1.30 bits per heavy atom. The Balaban J connectivity index is 2.23. The average Bonchev–Trinajstić information content (AvgIpc) is 2.42. The zero-order valence-electron chi connectivity index (χ0n) is 11.0. The zero-order chi connectivity index (χ0) is 14.5. The van der Waals surface area contributed by atoms with E-state index >= 15 is 0 Å². The predicted molar refractivity (Wildman–Crippen MR) is 76.4 cm³/mol. The van der Waals surface area contributed by atoms with Crippen LogP contribution in [0, 0.1) is 5.82 Å². The molecule has 4 nitrogen and oxygen atoms in total. The highest BCUT2D eigenvalue weighted by Crippen LogP contribution is 2.26. The lowest BCUT2D eigenvalue weighted by molar-refractivity contribution is 0.102. The van der Waals surface area contributed by atoms with Gasteiger partial charge in [-0.2, -0.15) is 0 Å². The van der Waals surface area contributed by atoms with Crippen LogP contribution >= 0.6 is 0 Å². The summed E-state index contributed by atoms with van der Waals surface area (Å²) < 4.78 is 18.5. The second-order valence-electron chi connectivity index (χ2n) is 4.15. The molecule has 0 bridgehead atoms. The van der Waals surface area contributed by atoms with E-state index in [1.807, 2.05) is 0 Å². The van der Waals surface area contributed by atoms with E-state index in [1.54, 1.807) is 31.2 Å². The molecule has 0 radical (unpaired) electrons. The molecule has 1 amide bonds. The number of amides is 1. The van der Waals surface area contributed by atoms with Gasteiger partial charge in [0, 0.05) is 17.3 Å². The molecule has 3 N–H and O–H groups in total. The molecule has 0 unspecified atom stereocenters.